The Bertz CT molecular complexity index is 1480. The van der Waals surface area contributed by atoms with Crippen LogP contribution in [0.5, 0.6) is 5.75 Å². The summed E-state index contributed by atoms with van der Waals surface area (Å²) in [6.07, 6.45) is 6.31. The molecule has 1 heterocycles. The number of nitrogens with zero attached hydrogens (tertiary/aromatic N) is 2. The number of aromatic nitrogens is 2. The van der Waals surface area contributed by atoms with E-state index in [1.807, 2.05) is 24.3 Å². The molecule has 0 spiro atoms. The van der Waals surface area contributed by atoms with Gasteiger partial charge < -0.3 is 5.11 Å². The maximum atomic E-state index is 14.0. The van der Waals surface area contributed by atoms with Crippen LogP contribution in [-0.4, -0.2) is 20.9 Å². The van der Waals surface area contributed by atoms with Crippen LogP contribution < -0.4 is 0 Å². The molecular weight excluding hydrogens is 494 g/mol. The fraction of sp³-hybridized carbons (Fsp3) is 0.167. The Morgan fingerprint density at radius 3 is 2.46 bits per heavy atom. The van der Waals surface area contributed by atoms with E-state index in [4.69, 9.17) is 11.6 Å². The van der Waals surface area contributed by atoms with Gasteiger partial charge in [0.1, 0.15) is 23.2 Å². The van der Waals surface area contributed by atoms with Crippen LogP contribution >= 0.6 is 11.6 Å². The van der Waals surface area contributed by atoms with Gasteiger partial charge in [-0.2, -0.15) is 0 Å². The van der Waals surface area contributed by atoms with Crippen molar-refractivity contribution in [3.05, 3.63) is 118 Å². The molecule has 0 aliphatic heterocycles. The van der Waals surface area contributed by atoms with Gasteiger partial charge in [-0.25, -0.2) is 8.78 Å². The van der Waals surface area contributed by atoms with Crippen molar-refractivity contribution in [1.29, 1.82) is 0 Å². The molecule has 0 amide bonds. The van der Waals surface area contributed by atoms with E-state index in [9.17, 15) is 18.7 Å². The molecule has 0 saturated heterocycles. The standard InChI is InChI=1S/C30H23ClF2N2O2/c31-23-6-3-20(4-7-23)29-30(35-10-9-34-29)22(11-18-12-24(32)16-25(33)13-18)15-27(37)14-21-2-1-19-5-8-26(36)17-28(19)21/h2-10,12-13,16-17,22,36H,1,11,14-15H2. The molecule has 4 aromatic rings. The molecule has 0 radical (unpaired) electrons. The Labute approximate surface area is 218 Å². The van der Waals surface area contributed by atoms with Gasteiger partial charge >= 0.3 is 0 Å². The third kappa shape index (κ3) is 5.75. The number of benzene rings is 3. The third-order valence-corrected chi connectivity index (χ3v) is 6.76. The van der Waals surface area contributed by atoms with Crippen LogP contribution in [-0.2, 0) is 17.6 Å². The first-order valence-corrected chi connectivity index (χ1v) is 12.3. The average Bonchev–Trinajstić information content (AvgIpc) is 3.25. The van der Waals surface area contributed by atoms with E-state index in [-0.39, 0.29) is 30.8 Å². The highest BCUT2D eigenvalue weighted by molar-refractivity contribution is 6.30. The Morgan fingerprint density at radius 2 is 1.70 bits per heavy atom. The molecule has 7 heteroatoms. The second-order valence-electron chi connectivity index (χ2n) is 9.17. The monoisotopic (exact) mass is 516 g/mol. The average molecular weight is 517 g/mol. The third-order valence-electron chi connectivity index (χ3n) is 6.50. The molecule has 3 aromatic carbocycles. The molecule has 186 valence electrons. The Kier molecular flexibility index (Phi) is 7.10. The van der Waals surface area contributed by atoms with E-state index >= 15 is 0 Å². The van der Waals surface area contributed by atoms with E-state index in [2.05, 4.69) is 9.97 Å². The molecule has 5 rings (SSSR count). The number of phenols is 1. The maximum Gasteiger partial charge on any atom is 0.137 e. The molecule has 0 fully saturated rings. The minimum atomic E-state index is -0.676. The first-order valence-electron chi connectivity index (χ1n) is 11.9. The van der Waals surface area contributed by atoms with Crippen LogP contribution in [0.4, 0.5) is 8.78 Å². The molecule has 1 atom stereocenters. The van der Waals surface area contributed by atoms with Gasteiger partial charge in [-0.3, -0.25) is 14.8 Å². The fourth-order valence-corrected chi connectivity index (χ4v) is 4.99. The summed E-state index contributed by atoms with van der Waals surface area (Å²) in [5, 5.41) is 10.5. The van der Waals surface area contributed by atoms with Crippen LogP contribution in [0, 0.1) is 11.6 Å². The van der Waals surface area contributed by atoms with Crippen LogP contribution in [0.15, 0.2) is 79.1 Å². The number of carbonyl (C=O) groups excluding carboxylic acids is 1. The second-order valence-corrected chi connectivity index (χ2v) is 9.61. The number of rotatable bonds is 8. The Hall–Kier alpha value is -3.90. The SMILES string of the molecule is O=C(CC1=CCc2ccc(O)cc21)CC(Cc1cc(F)cc(F)c1)c1nccnc1-c1ccc(Cl)cc1. The zero-order valence-corrected chi connectivity index (χ0v) is 20.6. The summed E-state index contributed by atoms with van der Waals surface area (Å²) >= 11 is 6.06. The fourth-order valence-electron chi connectivity index (χ4n) is 4.87. The number of allylic oxidation sites excluding steroid dienone is 2. The maximum absolute atomic E-state index is 14.0. The molecule has 1 N–H and O–H groups in total. The van der Waals surface area contributed by atoms with Crippen molar-refractivity contribution in [2.75, 3.05) is 0 Å². The van der Waals surface area contributed by atoms with E-state index < -0.39 is 17.6 Å². The van der Waals surface area contributed by atoms with Crippen molar-refractivity contribution in [3.63, 3.8) is 0 Å². The highest BCUT2D eigenvalue weighted by atomic mass is 35.5. The molecule has 1 aromatic heterocycles. The summed E-state index contributed by atoms with van der Waals surface area (Å²) in [6.45, 7) is 0. The highest BCUT2D eigenvalue weighted by Gasteiger charge is 2.25. The lowest BCUT2D eigenvalue weighted by Gasteiger charge is -2.19. The summed E-state index contributed by atoms with van der Waals surface area (Å²) in [5.41, 5.74) is 5.16. The first-order chi connectivity index (χ1) is 17.9. The number of hydrogen-bond acceptors (Lipinski definition) is 4. The van der Waals surface area contributed by atoms with E-state index in [1.54, 1.807) is 36.7 Å². The van der Waals surface area contributed by atoms with E-state index in [1.165, 1.54) is 12.1 Å². The molecule has 0 saturated carbocycles. The summed E-state index contributed by atoms with van der Waals surface area (Å²) in [6, 6.07) is 15.7. The van der Waals surface area contributed by atoms with Gasteiger partial charge in [0.2, 0.25) is 0 Å². The summed E-state index contributed by atoms with van der Waals surface area (Å²) in [7, 11) is 0. The molecule has 4 nitrogen and oxygen atoms in total. The van der Waals surface area contributed by atoms with Crippen LogP contribution in [0.1, 0.15) is 41.1 Å². The molecule has 1 unspecified atom stereocenters. The van der Waals surface area contributed by atoms with Gasteiger partial charge in [-0.15, -0.1) is 0 Å². The number of fused-ring (bicyclic) bond motifs is 1. The van der Waals surface area contributed by atoms with Crippen LogP contribution in [0.3, 0.4) is 0 Å². The normalized spacial score (nSPS) is 13.2. The largest absolute Gasteiger partial charge is 0.508 e. The Morgan fingerprint density at radius 1 is 0.973 bits per heavy atom. The number of carbonyl (C=O) groups is 1. The van der Waals surface area contributed by atoms with Crippen molar-refractivity contribution in [2.24, 2.45) is 0 Å². The first kappa shape index (κ1) is 24.8. The molecule has 1 aliphatic rings. The smallest absolute Gasteiger partial charge is 0.137 e. The predicted octanol–water partition coefficient (Wildman–Crippen LogP) is 7.10. The lowest BCUT2D eigenvalue weighted by atomic mass is 9.87. The van der Waals surface area contributed by atoms with Gasteiger partial charge in [0, 0.05) is 47.8 Å². The van der Waals surface area contributed by atoms with Crippen molar-refractivity contribution in [2.45, 2.75) is 31.6 Å². The van der Waals surface area contributed by atoms with Gasteiger partial charge in [0.25, 0.3) is 0 Å². The van der Waals surface area contributed by atoms with E-state index in [0.717, 1.165) is 28.3 Å². The topological polar surface area (TPSA) is 63.1 Å². The Balaban J connectivity index is 1.47. The number of ketones is 1. The number of hydrogen-bond donors (Lipinski definition) is 1. The minimum absolute atomic E-state index is 0.0444. The van der Waals surface area contributed by atoms with Crippen molar-refractivity contribution >= 4 is 23.0 Å². The number of phenolic OH excluding ortho intramolecular Hbond substituents is 1. The molecule has 0 bridgehead atoms. The zero-order valence-electron chi connectivity index (χ0n) is 19.8. The van der Waals surface area contributed by atoms with Gasteiger partial charge in [-0.05, 0) is 71.5 Å². The van der Waals surface area contributed by atoms with Crippen molar-refractivity contribution in [3.8, 4) is 17.0 Å². The lowest BCUT2D eigenvalue weighted by molar-refractivity contribution is -0.118. The lowest BCUT2D eigenvalue weighted by Crippen LogP contribution is -2.14. The molecule has 37 heavy (non-hydrogen) atoms. The van der Waals surface area contributed by atoms with Gasteiger partial charge in [0.05, 0.1) is 11.4 Å². The highest BCUT2D eigenvalue weighted by Crippen LogP contribution is 2.36. The zero-order chi connectivity index (χ0) is 25.9. The number of aromatic hydroxyl groups is 1. The van der Waals surface area contributed by atoms with Gasteiger partial charge in [-0.1, -0.05) is 35.9 Å². The molecule has 1 aliphatic carbocycles. The summed E-state index contributed by atoms with van der Waals surface area (Å²) in [5.74, 6) is -1.72. The molecular formula is C30H23ClF2N2O2. The summed E-state index contributed by atoms with van der Waals surface area (Å²) in [4.78, 5) is 22.5. The van der Waals surface area contributed by atoms with Crippen LogP contribution in [0.25, 0.3) is 16.8 Å². The quantitative estimate of drug-likeness (QED) is 0.271. The van der Waals surface area contributed by atoms with Crippen LogP contribution in [0.2, 0.25) is 5.02 Å². The van der Waals surface area contributed by atoms with Crippen molar-refractivity contribution < 1.29 is 18.7 Å². The summed E-state index contributed by atoms with van der Waals surface area (Å²) < 4.78 is 28.0. The predicted molar refractivity (Wildman–Crippen MR) is 139 cm³/mol. The van der Waals surface area contributed by atoms with E-state index in [0.29, 0.717) is 28.4 Å². The number of halogens is 3. The van der Waals surface area contributed by atoms with Crippen molar-refractivity contribution in [1.82, 2.24) is 9.97 Å². The number of Topliss-reactive ketones (excluding diaryl/α,β-unsaturated/α-hetero) is 1. The van der Waals surface area contributed by atoms with Gasteiger partial charge in [0.15, 0.2) is 0 Å². The minimum Gasteiger partial charge on any atom is -0.508 e. The second kappa shape index (κ2) is 10.6.